The number of nitro groups is 1. The zero-order valence-corrected chi connectivity index (χ0v) is 19.0. The second-order valence-electron chi connectivity index (χ2n) is 9.80. The van der Waals surface area contributed by atoms with Crippen molar-refractivity contribution in [2.24, 2.45) is 18.9 Å². The van der Waals surface area contributed by atoms with Crippen molar-refractivity contribution < 1.29 is 19.1 Å². The standard InChI is InChI=1S/C27H31N3O3/c1-3-20-18-30(17-19-8-10-22(11-9-19)29(32)33)15-13-21(20)16-26(30)27(31)24-12-14-28(2)25-7-5-4-6-23(24)25/h3-12,14,20-21,26-27,31H,1,13,15-18H2,2H3/q+2/t20-,21-,26+,27-,30+/m0/s1. The van der Waals surface area contributed by atoms with Gasteiger partial charge in [0.15, 0.2) is 6.20 Å². The van der Waals surface area contributed by atoms with Crippen molar-refractivity contribution in [1.29, 1.82) is 0 Å². The molecule has 3 aromatic rings. The third-order valence-corrected chi connectivity index (χ3v) is 8.08. The zero-order valence-electron chi connectivity index (χ0n) is 19.0. The normalized spacial score (nSPS) is 27.4. The number of nitrogens with zero attached hydrogens (tertiary/aromatic N) is 3. The second-order valence-corrected chi connectivity index (χ2v) is 9.80. The van der Waals surface area contributed by atoms with E-state index in [2.05, 4.69) is 35.4 Å². The Labute approximate surface area is 194 Å². The Morgan fingerprint density at radius 3 is 2.73 bits per heavy atom. The lowest BCUT2D eigenvalue weighted by molar-refractivity contribution is -0.984. The van der Waals surface area contributed by atoms with Crippen molar-refractivity contribution in [2.45, 2.75) is 31.5 Å². The molecule has 0 amide bonds. The molecule has 33 heavy (non-hydrogen) atoms. The minimum Gasteiger partial charge on any atom is -0.382 e. The number of nitro benzene ring substituents is 1. The van der Waals surface area contributed by atoms with E-state index in [1.807, 2.05) is 37.5 Å². The molecule has 6 nitrogen and oxygen atoms in total. The van der Waals surface area contributed by atoms with Crippen LogP contribution in [0.25, 0.3) is 10.9 Å². The molecule has 5 atom stereocenters. The number of non-ortho nitro benzene ring substituents is 1. The highest BCUT2D eigenvalue weighted by atomic mass is 16.6. The van der Waals surface area contributed by atoms with Crippen molar-refractivity contribution in [2.75, 3.05) is 13.1 Å². The van der Waals surface area contributed by atoms with Gasteiger partial charge in [0.1, 0.15) is 25.7 Å². The summed E-state index contributed by atoms with van der Waals surface area (Å²) in [5.41, 5.74) is 3.28. The quantitative estimate of drug-likeness (QED) is 0.203. The van der Waals surface area contributed by atoms with E-state index in [1.54, 1.807) is 12.1 Å². The number of aryl methyl sites for hydroxylation is 1. The van der Waals surface area contributed by atoms with E-state index in [0.29, 0.717) is 11.8 Å². The molecule has 0 radical (unpaired) electrons. The second kappa shape index (κ2) is 8.36. The van der Waals surface area contributed by atoms with Gasteiger partial charge in [-0.2, -0.15) is 0 Å². The fraction of sp³-hybridized carbons (Fsp3) is 0.370. The van der Waals surface area contributed by atoms with Crippen molar-refractivity contribution in [1.82, 2.24) is 0 Å². The Morgan fingerprint density at radius 1 is 1.24 bits per heavy atom. The molecule has 3 aliphatic heterocycles. The highest BCUT2D eigenvalue weighted by molar-refractivity contribution is 5.79. The van der Waals surface area contributed by atoms with Gasteiger partial charge in [-0.15, -0.1) is 6.58 Å². The monoisotopic (exact) mass is 445 g/mol. The summed E-state index contributed by atoms with van der Waals surface area (Å²) >= 11 is 0. The van der Waals surface area contributed by atoms with Gasteiger partial charge < -0.3 is 9.59 Å². The lowest BCUT2D eigenvalue weighted by atomic mass is 9.71. The summed E-state index contributed by atoms with van der Waals surface area (Å²) in [6, 6.07) is 17.3. The molecule has 6 rings (SSSR count). The largest absolute Gasteiger partial charge is 0.382 e. The maximum Gasteiger partial charge on any atom is 0.269 e. The Hall–Kier alpha value is -3.09. The number of pyridine rings is 1. The summed E-state index contributed by atoms with van der Waals surface area (Å²) in [6.45, 7) is 6.82. The molecule has 0 saturated carbocycles. The van der Waals surface area contributed by atoms with Gasteiger partial charge >= 0.3 is 0 Å². The van der Waals surface area contributed by atoms with Gasteiger partial charge in [0.2, 0.25) is 5.52 Å². The summed E-state index contributed by atoms with van der Waals surface area (Å²) in [5, 5.41) is 24.0. The first kappa shape index (κ1) is 21.7. The van der Waals surface area contributed by atoms with Crippen LogP contribution in [0.2, 0.25) is 0 Å². The zero-order chi connectivity index (χ0) is 23.2. The summed E-state index contributed by atoms with van der Waals surface area (Å²) in [7, 11) is 2.03. The van der Waals surface area contributed by atoms with E-state index >= 15 is 0 Å². The van der Waals surface area contributed by atoms with Crippen molar-refractivity contribution >= 4 is 16.6 Å². The molecule has 170 valence electrons. The maximum atomic E-state index is 11.8. The third kappa shape index (κ3) is 3.73. The predicted molar refractivity (Wildman–Crippen MR) is 127 cm³/mol. The van der Waals surface area contributed by atoms with Crippen molar-refractivity contribution in [3.05, 3.63) is 94.7 Å². The first-order valence-corrected chi connectivity index (χ1v) is 11.7. The van der Waals surface area contributed by atoms with E-state index in [1.165, 1.54) is 0 Å². The molecule has 2 aromatic carbocycles. The average molecular weight is 446 g/mol. The molecule has 3 saturated heterocycles. The highest BCUT2D eigenvalue weighted by Gasteiger charge is 2.54. The SMILES string of the molecule is C=C[C@H]1C[N@+]2(Cc3ccc([N+](=O)[O-])cc3)CC[C@H]1C[C@@H]2[C@@H](O)c1cc[n+](C)c2ccccc12. The molecule has 6 heteroatoms. The number of aromatic nitrogens is 1. The number of quaternary nitrogens is 1. The van der Waals surface area contributed by atoms with Gasteiger partial charge in [0.25, 0.3) is 5.69 Å². The van der Waals surface area contributed by atoms with E-state index in [-0.39, 0.29) is 16.7 Å². The predicted octanol–water partition coefficient (Wildman–Crippen LogP) is 4.22. The number of aliphatic hydroxyl groups is 1. The van der Waals surface area contributed by atoms with E-state index in [4.69, 9.17) is 0 Å². The molecule has 2 bridgehead atoms. The van der Waals surface area contributed by atoms with Crippen LogP contribution in [0.1, 0.15) is 30.1 Å². The number of hydrogen-bond donors (Lipinski definition) is 1. The van der Waals surface area contributed by atoms with Crippen LogP contribution in [0.4, 0.5) is 5.69 Å². The van der Waals surface area contributed by atoms with Crippen LogP contribution in [-0.4, -0.2) is 33.6 Å². The number of piperidine rings is 3. The Morgan fingerprint density at radius 2 is 2.00 bits per heavy atom. The summed E-state index contributed by atoms with van der Waals surface area (Å²) in [4.78, 5) is 10.7. The van der Waals surface area contributed by atoms with Gasteiger partial charge in [0.05, 0.1) is 23.4 Å². The molecule has 4 heterocycles. The van der Waals surface area contributed by atoms with Crippen LogP contribution >= 0.6 is 0 Å². The minimum absolute atomic E-state index is 0.0752. The lowest BCUT2D eigenvalue weighted by Gasteiger charge is -2.58. The molecule has 0 unspecified atom stereocenters. The van der Waals surface area contributed by atoms with Gasteiger partial charge in [-0.05, 0) is 24.1 Å². The van der Waals surface area contributed by atoms with Crippen LogP contribution in [0.15, 0.2) is 73.4 Å². The van der Waals surface area contributed by atoms with E-state index in [9.17, 15) is 15.2 Å². The minimum atomic E-state index is -0.581. The first-order chi connectivity index (χ1) is 15.9. The Bertz CT molecular complexity index is 1210. The van der Waals surface area contributed by atoms with Crippen LogP contribution in [0, 0.1) is 22.0 Å². The van der Waals surface area contributed by atoms with Crippen LogP contribution in [0.3, 0.4) is 0 Å². The van der Waals surface area contributed by atoms with Gasteiger partial charge in [-0.25, -0.2) is 4.57 Å². The Kier molecular flexibility index (Phi) is 5.51. The molecule has 0 aliphatic carbocycles. The maximum absolute atomic E-state index is 11.8. The van der Waals surface area contributed by atoms with E-state index in [0.717, 1.165) is 59.0 Å². The highest BCUT2D eigenvalue weighted by Crippen LogP contribution is 2.48. The smallest absolute Gasteiger partial charge is 0.269 e. The van der Waals surface area contributed by atoms with Crippen LogP contribution in [0.5, 0.6) is 0 Å². The number of para-hydroxylation sites is 1. The average Bonchev–Trinajstić information content (AvgIpc) is 2.84. The van der Waals surface area contributed by atoms with Gasteiger partial charge in [-0.1, -0.05) is 18.2 Å². The number of fused-ring (bicyclic) bond motifs is 4. The summed E-state index contributed by atoms with van der Waals surface area (Å²) in [6.07, 6.45) is 5.62. The molecule has 0 spiro atoms. The van der Waals surface area contributed by atoms with Crippen molar-refractivity contribution in [3.63, 3.8) is 0 Å². The van der Waals surface area contributed by atoms with Crippen molar-refractivity contribution in [3.8, 4) is 0 Å². The Balaban J connectivity index is 1.54. The molecule has 3 aliphatic rings. The molecule has 1 aromatic heterocycles. The summed E-state index contributed by atoms with van der Waals surface area (Å²) in [5.74, 6) is 0.982. The number of aliphatic hydroxyl groups excluding tert-OH is 1. The third-order valence-electron chi connectivity index (χ3n) is 8.08. The van der Waals surface area contributed by atoms with Gasteiger partial charge in [-0.3, -0.25) is 10.1 Å². The van der Waals surface area contributed by atoms with E-state index < -0.39 is 6.10 Å². The van der Waals surface area contributed by atoms with Gasteiger partial charge in [0, 0.05) is 54.2 Å². The van der Waals surface area contributed by atoms with Crippen LogP contribution in [-0.2, 0) is 13.6 Å². The first-order valence-electron chi connectivity index (χ1n) is 11.7. The lowest BCUT2D eigenvalue weighted by Crippen LogP contribution is -2.67. The van der Waals surface area contributed by atoms with Crippen LogP contribution < -0.4 is 4.57 Å². The summed E-state index contributed by atoms with van der Waals surface area (Å²) < 4.78 is 2.88. The number of benzene rings is 2. The number of hydrogen-bond acceptors (Lipinski definition) is 3. The molecule has 1 N–H and O–H groups in total. The molecular formula is C27H31N3O3+2. The topological polar surface area (TPSA) is 67.2 Å². The fourth-order valence-corrected chi connectivity index (χ4v) is 6.32. The fourth-order valence-electron chi connectivity index (χ4n) is 6.32. The number of rotatable bonds is 6. The molecule has 3 fully saturated rings. The molecular weight excluding hydrogens is 414 g/mol.